The van der Waals surface area contributed by atoms with E-state index in [2.05, 4.69) is 5.32 Å². The first-order valence-corrected chi connectivity index (χ1v) is 10.4. The van der Waals surface area contributed by atoms with Crippen molar-refractivity contribution < 1.29 is 17.9 Å². The maximum absolute atomic E-state index is 13.0. The number of hydrogen-bond acceptors (Lipinski definition) is 4. The minimum absolute atomic E-state index is 0.220. The van der Waals surface area contributed by atoms with Crippen molar-refractivity contribution in [3.63, 3.8) is 0 Å². The van der Waals surface area contributed by atoms with Crippen LogP contribution in [-0.4, -0.2) is 24.1 Å². The maximum Gasteiger partial charge on any atom is 0.408 e. The zero-order valence-electron chi connectivity index (χ0n) is 16.3. The van der Waals surface area contributed by atoms with Crippen LogP contribution in [0, 0.1) is 0 Å². The third-order valence-corrected chi connectivity index (χ3v) is 5.92. The molecule has 1 heterocycles. The number of carbonyl (C=O) groups is 1. The molecule has 0 saturated heterocycles. The summed E-state index contributed by atoms with van der Waals surface area (Å²) in [6, 6.07) is 15.2. The standard InChI is InChI=1S/C21H24N2O4S/c1-15(22-20(24)27-21(2,3)4)17-11-10-16-12-13-23(19(16)14-17)28(25,26)18-8-6-5-7-9-18/h5-15H,1-4H3,(H,22,24)/t15-/m1/s1. The van der Waals surface area contributed by atoms with Crippen LogP contribution < -0.4 is 5.32 Å². The molecular weight excluding hydrogens is 376 g/mol. The van der Waals surface area contributed by atoms with Gasteiger partial charge in [-0.3, -0.25) is 0 Å². The summed E-state index contributed by atoms with van der Waals surface area (Å²) in [4.78, 5) is 12.3. The van der Waals surface area contributed by atoms with Gasteiger partial charge in [0.1, 0.15) is 5.60 Å². The number of carbonyl (C=O) groups excluding carboxylic acids is 1. The van der Waals surface area contributed by atoms with Gasteiger partial charge in [0, 0.05) is 11.6 Å². The van der Waals surface area contributed by atoms with Crippen LogP contribution in [0.25, 0.3) is 10.9 Å². The van der Waals surface area contributed by atoms with Gasteiger partial charge in [0.25, 0.3) is 10.0 Å². The fraction of sp³-hybridized carbons (Fsp3) is 0.286. The van der Waals surface area contributed by atoms with Gasteiger partial charge in [0.05, 0.1) is 16.5 Å². The van der Waals surface area contributed by atoms with Crippen molar-refractivity contribution in [1.82, 2.24) is 9.29 Å². The van der Waals surface area contributed by atoms with Gasteiger partial charge in [0.2, 0.25) is 0 Å². The smallest absolute Gasteiger partial charge is 0.408 e. The molecule has 3 rings (SSSR count). The molecule has 28 heavy (non-hydrogen) atoms. The predicted octanol–water partition coefficient (Wildman–Crippen LogP) is 4.46. The zero-order chi connectivity index (χ0) is 20.5. The Bertz CT molecular complexity index is 1100. The SMILES string of the molecule is C[C@@H](NC(=O)OC(C)(C)C)c1ccc2ccn(S(=O)(=O)c3ccccc3)c2c1. The van der Waals surface area contributed by atoms with Crippen LogP contribution in [0.1, 0.15) is 39.3 Å². The lowest BCUT2D eigenvalue weighted by molar-refractivity contribution is 0.0508. The number of fused-ring (bicyclic) bond motifs is 1. The molecule has 0 spiro atoms. The number of ether oxygens (including phenoxy) is 1. The van der Waals surface area contributed by atoms with Crippen molar-refractivity contribution in [3.05, 3.63) is 66.4 Å². The second-order valence-corrected chi connectivity index (χ2v) is 9.43. The van der Waals surface area contributed by atoms with Crippen LogP contribution in [0.15, 0.2) is 65.7 Å². The summed E-state index contributed by atoms with van der Waals surface area (Å²) in [5, 5.41) is 3.58. The molecule has 0 bridgehead atoms. The molecule has 2 aromatic carbocycles. The molecule has 1 atom stereocenters. The van der Waals surface area contributed by atoms with Crippen molar-refractivity contribution in [2.24, 2.45) is 0 Å². The number of amides is 1. The van der Waals surface area contributed by atoms with Crippen molar-refractivity contribution in [3.8, 4) is 0 Å². The molecule has 0 radical (unpaired) electrons. The maximum atomic E-state index is 13.0. The number of rotatable bonds is 4. The Balaban J connectivity index is 1.94. The molecule has 6 nitrogen and oxygen atoms in total. The summed E-state index contributed by atoms with van der Waals surface area (Å²) in [7, 11) is -3.71. The first kappa shape index (κ1) is 19.9. The highest BCUT2D eigenvalue weighted by Gasteiger charge is 2.21. The van der Waals surface area contributed by atoms with Crippen LogP contribution in [0.2, 0.25) is 0 Å². The highest BCUT2D eigenvalue weighted by Crippen LogP contribution is 2.25. The normalized spacial score (nSPS) is 13.3. The van der Waals surface area contributed by atoms with Gasteiger partial charge >= 0.3 is 6.09 Å². The van der Waals surface area contributed by atoms with Crippen LogP contribution in [-0.2, 0) is 14.8 Å². The Labute approximate surface area is 165 Å². The Hall–Kier alpha value is -2.80. The third-order valence-electron chi connectivity index (χ3n) is 4.21. The van der Waals surface area contributed by atoms with E-state index >= 15 is 0 Å². The fourth-order valence-electron chi connectivity index (χ4n) is 2.87. The number of hydrogen-bond donors (Lipinski definition) is 1. The zero-order valence-corrected chi connectivity index (χ0v) is 17.2. The lowest BCUT2D eigenvalue weighted by Crippen LogP contribution is -2.34. The van der Waals surface area contributed by atoms with E-state index in [4.69, 9.17) is 4.74 Å². The molecule has 0 aliphatic heterocycles. The number of benzene rings is 2. The van der Waals surface area contributed by atoms with Gasteiger partial charge in [-0.2, -0.15) is 0 Å². The number of nitrogens with one attached hydrogen (secondary N) is 1. The van der Waals surface area contributed by atoms with Crippen molar-refractivity contribution >= 4 is 27.0 Å². The molecule has 3 aromatic rings. The molecule has 0 aliphatic rings. The molecular formula is C21H24N2O4S. The van der Waals surface area contributed by atoms with Crippen LogP contribution in [0.4, 0.5) is 4.79 Å². The van der Waals surface area contributed by atoms with Gasteiger partial charge in [-0.25, -0.2) is 17.2 Å². The van der Waals surface area contributed by atoms with E-state index in [1.165, 1.54) is 3.97 Å². The summed E-state index contributed by atoms with van der Waals surface area (Å²) < 4.78 is 32.5. The summed E-state index contributed by atoms with van der Waals surface area (Å²) in [6.45, 7) is 7.21. The van der Waals surface area contributed by atoms with Gasteiger partial charge < -0.3 is 10.1 Å². The Morgan fingerprint density at radius 3 is 2.39 bits per heavy atom. The van der Waals surface area contributed by atoms with Crippen molar-refractivity contribution in [2.45, 2.75) is 44.2 Å². The van der Waals surface area contributed by atoms with Crippen LogP contribution in [0.5, 0.6) is 0 Å². The third kappa shape index (κ3) is 4.20. The second kappa shape index (κ2) is 7.31. The minimum Gasteiger partial charge on any atom is -0.444 e. The van der Waals surface area contributed by atoms with Crippen LogP contribution in [0.3, 0.4) is 0 Å². The highest BCUT2D eigenvalue weighted by molar-refractivity contribution is 7.90. The quantitative estimate of drug-likeness (QED) is 0.701. The lowest BCUT2D eigenvalue weighted by atomic mass is 10.1. The molecule has 0 saturated carbocycles. The molecule has 148 valence electrons. The van der Waals surface area contributed by atoms with Gasteiger partial charge in [0.15, 0.2) is 0 Å². The Morgan fingerprint density at radius 1 is 1.07 bits per heavy atom. The van der Waals surface area contributed by atoms with E-state index in [9.17, 15) is 13.2 Å². The summed E-state index contributed by atoms with van der Waals surface area (Å²) in [5.74, 6) is 0. The van der Waals surface area contributed by atoms with Crippen molar-refractivity contribution in [2.75, 3.05) is 0 Å². The molecule has 0 unspecified atom stereocenters. The van der Waals surface area contributed by atoms with Gasteiger partial charge in [-0.15, -0.1) is 0 Å². The van der Waals surface area contributed by atoms with E-state index in [0.717, 1.165) is 10.9 Å². The monoisotopic (exact) mass is 400 g/mol. The first-order chi connectivity index (χ1) is 13.1. The summed E-state index contributed by atoms with van der Waals surface area (Å²) >= 11 is 0. The number of aromatic nitrogens is 1. The molecule has 1 N–H and O–H groups in total. The minimum atomic E-state index is -3.71. The Morgan fingerprint density at radius 2 is 1.75 bits per heavy atom. The van der Waals surface area contributed by atoms with Gasteiger partial charge in [-0.05, 0) is 57.5 Å². The second-order valence-electron chi connectivity index (χ2n) is 7.62. The predicted molar refractivity (Wildman–Crippen MR) is 109 cm³/mol. The molecule has 1 amide bonds. The van der Waals surface area contributed by atoms with E-state index in [0.29, 0.717) is 5.52 Å². The summed E-state index contributed by atoms with van der Waals surface area (Å²) in [6.07, 6.45) is 1.02. The average Bonchev–Trinajstić information content (AvgIpc) is 3.04. The van der Waals surface area contributed by atoms with Crippen molar-refractivity contribution in [1.29, 1.82) is 0 Å². The fourth-order valence-corrected chi connectivity index (χ4v) is 4.24. The van der Waals surface area contributed by atoms with E-state index in [-0.39, 0.29) is 10.9 Å². The lowest BCUT2D eigenvalue weighted by Gasteiger charge is -2.22. The topological polar surface area (TPSA) is 77.4 Å². The number of nitrogens with zero attached hydrogens (tertiary/aromatic N) is 1. The highest BCUT2D eigenvalue weighted by atomic mass is 32.2. The first-order valence-electron chi connectivity index (χ1n) is 8.99. The number of alkyl carbamates (subject to hydrolysis) is 1. The van der Waals surface area contributed by atoms with E-state index < -0.39 is 21.7 Å². The summed E-state index contributed by atoms with van der Waals surface area (Å²) in [5.41, 5.74) is 0.743. The average molecular weight is 401 g/mol. The van der Waals surface area contributed by atoms with E-state index in [1.54, 1.807) is 69.4 Å². The van der Waals surface area contributed by atoms with E-state index in [1.807, 2.05) is 19.1 Å². The van der Waals surface area contributed by atoms with Crippen LogP contribution >= 0.6 is 0 Å². The molecule has 1 aromatic heterocycles. The Kier molecular flexibility index (Phi) is 5.21. The van der Waals surface area contributed by atoms with Gasteiger partial charge in [-0.1, -0.05) is 30.3 Å². The molecule has 0 fully saturated rings. The largest absolute Gasteiger partial charge is 0.444 e. The molecule has 0 aliphatic carbocycles. The molecule has 7 heteroatoms.